The van der Waals surface area contributed by atoms with Crippen LogP contribution < -0.4 is 11.1 Å². The summed E-state index contributed by atoms with van der Waals surface area (Å²) in [5.41, 5.74) is 5.97. The highest BCUT2D eigenvalue weighted by atomic mass is 79.9. The molecule has 0 unspecified atom stereocenters. The van der Waals surface area contributed by atoms with Crippen molar-refractivity contribution in [2.45, 2.75) is 6.92 Å². The van der Waals surface area contributed by atoms with Crippen LogP contribution in [0.15, 0.2) is 9.85 Å². The standard InChI is InChI=1S/C8H11BrN2OS/c1-5-4-6(7(9)13-5)8(12)11-3-2-10/h4H,2-3,10H2,1H3,(H,11,12). The Kier molecular flexibility index (Phi) is 3.90. The molecule has 0 spiro atoms. The first-order chi connectivity index (χ1) is 6.15. The van der Waals surface area contributed by atoms with Crippen LogP contribution in [0.2, 0.25) is 0 Å². The Morgan fingerprint density at radius 1 is 1.77 bits per heavy atom. The quantitative estimate of drug-likeness (QED) is 0.868. The third kappa shape index (κ3) is 2.79. The molecule has 0 fully saturated rings. The maximum atomic E-state index is 11.4. The van der Waals surface area contributed by atoms with Gasteiger partial charge < -0.3 is 11.1 Å². The number of nitrogens with one attached hydrogen (secondary N) is 1. The second kappa shape index (κ2) is 4.74. The number of carbonyl (C=O) groups is 1. The van der Waals surface area contributed by atoms with E-state index in [0.29, 0.717) is 18.7 Å². The van der Waals surface area contributed by atoms with Crippen molar-refractivity contribution >= 4 is 33.2 Å². The first-order valence-corrected chi connectivity index (χ1v) is 5.50. The van der Waals surface area contributed by atoms with E-state index in [0.717, 1.165) is 8.66 Å². The third-order valence-corrected chi connectivity index (χ3v) is 3.24. The van der Waals surface area contributed by atoms with Gasteiger partial charge >= 0.3 is 0 Å². The Bertz CT molecular complexity index is 311. The summed E-state index contributed by atoms with van der Waals surface area (Å²) in [6.07, 6.45) is 0. The molecule has 0 atom stereocenters. The molecule has 0 aliphatic heterocycles. The Balaban J connectivity index is 2.70. The average molecular weight is 263 g/mol. The molecule has 5 heteroatoms. The number of rotatable bonds is 3. The van der Waals surface area contributed by atoms with Gasteiger partial charge in [0.2, 0.25) is 0 Å². The molecule has 13 heavy (non-hydrogen) atoms. The average Bonchev–Trinajstić information content (AvgIpc) is 2.41. The van der Waals surface area contributed by atoms with Gasteiger partial charge in [-0.25, -0.2) is 0 Å². The molecule has 72 valence electrons. The van der Waals surface area contributed by atoms with Crippen LogP contribution in [0.1, 0.15) is 15.2 Å². The molecule has 0 aromatic carbocycles. The second-order valence-corrected chi connectivity index (χ2v) is 5.16. The molecular weight excluding hydrogens is 252 g/mol. The molecule has 0 saturated heterocycles. The van der Waals surface area contributed by atoms with E-state index in [1.54, 1.807) is 11.3 Å². The van der Waals surface area contributed by atoms with Gasteiger partial charge in [-0.15, -0.1) is 11.3 Å². The number of amides is 1. The minimum atomic E-state index is -0.0679. The van der Waals surface area contributed by atoms with Crippen molar-refractivity contribution < 1.29 is 4.79 Å². The summed E-state index contributed by atoms with van der Waals surface area (Å²) in [6.45, 7) is 2.95. The lowest BCUT2D eigenvalue weighted by Gasteiger charge is -2.00. The van der Waals surface area contributed by atoms with Crippen LogP contribution in [0, 0.1) is 6.92 Å². The second-order valence-electron chi connectivity index (χ2n) is 2.59. The van der Waals surface area contributed by atoms with Crippen LogP contribution in [0.25, 0.3) is 0 Å². The van der Waals surface area contributed by atoms with E-state index >= 15 is 0 Å². The first kappa shape index (κ1) is 10.7. The van der Waals surface area contributed by atoms with Gasteiger partial charge in [0.25, 0.3) is 5.91 Å². The van der Waals surface area contributed by atoms with Crippen LogP contribution in [0.5, 0.6) is 0 Å². The van der Waals surface area contributed by atoms with Gasteiger partial charge in [0.05, 0.1) is 9.35 Å². The number of aryl methyl sites for hydroxylation is 1. The molecule has 0 aliphatic carbocycles. The maximum absolute atomic E-state index is 11.4. The fourth-order valence-electron chi connectivity index (χ4n) is 0.922. The number of carbonyl (C=O) groups excluding carboxylic acids is 1. The van der Waals surface area contributed by atoms with Gasteiger partial charge in [-0.2, -0.15) is 0 Å². The summed E-state index contributed by atoms with van der Waals surface area (Å²) in [5.74, 6) is -0.0679. The van der Waals surface area contributed by atoms with Crippen molar-refractivity contribution in [2.75, 3.05) is 13.1 Å². The van der Waals surface area contributed by atoms with Gasteiger partial charge in [0.15, 0.2) is 0 Å². The highest BCUT2D eigenvalue weighted by Crippen LogP contribution is 2.27. The van der Waals surface area contributed by atoms with E-state index in [-0.39, 0.29) is 5.91 Å². The molecule has 3 N–H and O–H groups in total. The van der Waals surface area contributed by atoms with Crippen molar-refractivity contribution in [3.63, 3.8) is 0 Å². The first-order valence-electron chi connectivity index (χ1n) is 3.89. The predicted octanol–water partition coefficient (Wildman–Crippen LogP) is 1.51. The topological polar surface area (TPSA) is 55.1 Å². The Labute approximate surface area is 89.5 Å². The molecule has 1 rings (SSSR count). The van der Waals surface area contributed by atoms with Crippen LogP contribution in [-0.2, 0) is 0 Å². The summed E-state index contributed by atoms with van der Waals surface area (Å²) < 4.78 is 0.875. The van der Waals surface area contributed by atoms with E-state index in [9.17, 15) is 4.79 Å². The highest BCUT2D eigenvalue weighted by Gasteiger charge is 2.11. The van der Waals surface area contributed by atoms with E-state index in [4.69, 9.17) is 5.73 Å². The molecular formula is C8H11BrN2OS. The molecule has 1 aromatic rings. The molecule has 1 heterocycles. The molecule has 0 radical (unpaired) electrons. The molecule has 0 aliphatic rings. The SMILES string of the molecule is Cc1cc(C(=O)NCCN)c(Br)s1. The van der Waals surface area contributed by atoms with E-state index in [1.807, 2.05) is 13.0 Å². The van der Waals surface area contributed by atoms with Gasteiger partial charge in [0.1, 0.15) is 0 Å². The van der Waals surface area contributed by atoms with Crippen molar-refractivity contribution in [1.29, 1.82) is 0 Å². The van der Waals surface area contributed by atoms with Crippen LogP contribution in [-0.4, -0.2) is 19.0 Å². The van der Waals surface area contributed by atoms with Gasteiger partial charge in [-0.3, -0.25) is 4.79 Å². The summed E-state index contributed by atoms with van der Waals surface area (Å²) in [5, 5.41) is 2.72. The molecule has 1 aromatic heterocycles. The monoisotopic (exact) mass is 262 g/mol. The van der Waals surface area contributed by atoms with Crippen molar-refractivity contribution in [3.8, 4) is 0 Å². The number of halogens is 1. The van der Waals surface area contributed by atoms with Crippen molar-refractivity contribution in [3.05, 3.63) is 20.3 Å². The summed E-state index contributed by atoms with van der Waals surface area (Å²) in [6, 6.07) is 1.86. The van der Waals surface area contributed by atoms with Gasteiger partial charge in [-0.1, -0.05) is 0 Å². The normalized spacial score (nSPS) is 10.1. The smallest absolute Gasteiger partial charge is 0.253 e. The zero-order chi connectivity index (χ0) is 9.84. The Morgan fingerprint density at radius 3 is 2.92 bits per heavy atom. The summed E-state index contributed by atoms with van der Waals surface area (Å²) in [7, 11) is 0. The zero-order valence-corrected chi connectivity index (χ0v) is 9.67. The number of hydrogen-bond acceptors (Lipinski definition) is 3. The number of thiophene rings is 1. The third-order valence-electron chi connectivity index (χ3n) is 1.48. The van der Waals surface area contributed by atoms with Gasteiger partial charge in [-0.05, 0) is 28.9 Å². The predicted molar refractivity (Wildman–Crippen MR) is 58.1 cm³/mol. The highest BCUT2D eigenvalue weighted by molar-refractivity contribution is 9.11. The Hall–Kier alpha value is -0.390. The van der Waals surface area contributed by atoms with Crippen LogP contribution in [0.4, 0.5) is 0 Å². The van der Waals surface area contributed by atoms with E-state index in [1.165, 1.54) is 0 Å². The van der Waals surface area contributed by atoms with Gasteiger partial charge in [0, 0.05) is 18.0 Å². The van der Waals surface area contributed by atoms with Crippen molar-refractivity contribution in [1.82, 2.24) is 5.32 Å². The Morgan fingerprint density at radius 2 is 2.46 bits per heavy atom. The minimum absolute atomic E-state index is 0.0679. The minimum Gasteiger partial charge on any atom is -0.351 e. The number of nitrogens with two attached hydrogens (primary N) is 1. The zero-order valence-electron chi connectivity index (χ0n) is 7.26. The van der Waals surface area contributed by atoms with Crippen molar-refractivity contribution in [2.24, 2.45) is 5.73 Å². The molecule has 0 saturated carbocycles. The fraction of sp³-hybridized carbons (Fsp3) is 0.375. The lowest BCUT2D eigenvalue weighted by atomic mass is 10.3. The fourth-order valence-corrected chi connectivity index (χ4v) is 2.70. The molecule has 3 nitrogen and oxygen atoms in total. The molecule has 1 amide bonds. The van der Waals surface area contributed by atoms with Crippen LogP contribution in [0.3, 0.4) is 0 Å². The van der Waals surface area contributed by atoms with Crippen LogP contribution >= 0.6 is 27.3 Å². The lowest BCUT2D eigenvalue weighted by Crippen LogP contribution is -2.28. The molecule has 0 bridgehead atoms. The van der Waals surface area contributed by atoms with E-state index in [2.05, 4.69) is 21.2 Å². The largest absolute Gasteiger partial charge is 0.351 e. The van der Waals surface area contributed by atoms with E-state index < -0.39 is 0 Å². The number of hydrogen-bond donors (Lipinski definition) is 2. The summed E-state index contributed by atoms with van der Waals surface area (Å²) in [4.78, 5) is 12.6. The lowest BCUT2D eigenvalue weighted by molar-refractivity contribution is 0.0954. The summed E-state index contributed by atoms with van der Waals surface area (Å²) >= 11 is 4.89. The maximum Gasteiger partial charge on any atom is 0.253 e.